The molecule has 30 heavy (non-hydrogen) atoms. The number of likely N-dealkylation sites (tertiary alicyclic amines) is 1. The highest BCUT2D eigenvalue weighted by molar-refractivity contribution is 7.09. The number of rotatable bonds is 5. The fourth-order valence-corrected chi connectivity index (χ4v) is 5.47. The number of nitrogens with zero attached hydrogens (tertiary/aromatic N) is 2. The molecule has 1 atom stereocenters. The number of thiophene rings is 1. The zero-order valence-corrected chi connectivity index (χ0v) is 19.3. The van der Waals surface area contributed by atoms with Crippen molar-refractivity contribution in [1.29, 1.82) is 0 Å². The molecule has 2 fully saturated rings. The maximum Gasteiger partial charge on any atom is 0.263 e. The highest BCUT2D eigenvalue weighted by Gasteiger charge is 2.30. The Balaban J connectivity index is 0.00000256. The van der Waals surface area contributed by atoms with Crippen LogP contribution in [0.2, 0.25) is 0 Å². The predicted molar refractivity (Wildman–Crippen MR) is 125 cm³/mol. The predicted octanol–water partition coefficient (Wildman–Crippen LogP) is 4.19. The maximum absolute atomic E-state index is 13.6. The van der Waals surface area contributed by atoms with Crippen molar-refractivity contribution >= 4 is 29.7 Å². The molecule has 4 heterocycles. The average molecular weight is 450 g/mol. The molecular formula is C23H32ClN3O2S. The Morgan fingerprint density at radius 2 is 2.00 bits per heavy atom. The van der Waals surface area contributed by atoms with E-state index < -0.39 is 0 Å². The third kappa shape index (κ3) is 4.98. The van der Waals surface area contributed by atoms with Gasteiger partial charge in [-0.05, 0) is 88.0 Å². The van der Waals surface area contributed by atoms with Crippen molar-refractivity contribution in [2.45, 2.75) is 64.0 Å². The highest BCUT2D eigenvalue weighted by Crippen LogP contribution is 2.25. The van der Waals surface area contributed by atoms with Gasteiger partial charge in [0.25, 0.3) is 11.5 Å². The van der Waals surface area contributed by atoms with E-state index in [1.165, 1.54) is 4.88 Å². The lowest BCUT2D eigenvalue weighted by atomic mass is 9.96. The topological polar surface area (TPSA) is 54.3 Å². The van der Waals surface area contributed by atoms with Crippen molar-refractivity contribution in [3.05, 3.63) is 56.1 Å². The molecule has 0 aromatic carbocycles. The molecule has 0 radical (unpaired) electrons. The summed E-state index contributed by atoms with van der Waals surface area (Å²) in [5.74, 6) is -0.0633. The van der Waals surface area contributed by atoms with Gasteiger partial charge in [0.15, 0.2) is 0 Å². The van der Waals surface area contributed by atoms with Gasteiger partial charge in [-0.2, -0.15) is 0 Å². The maximum atomic E-state index is 13.6. The molecule has 0 bridgehead atoms. The number of piperidine rings is 2. The number of aromatic nitrogens is 1. The zero-order chi connectivity index (χ0) is 20.2. The van der Waals surface area contributed by atoms with E-state index in [9.17, 15) is 9.59 Å². The number of carbonyl (C=O) groups is 1. The van der Waals surface area contributed by atoms with Gasteiger partial charge in [-0.25, -0.2) is 0 Å². The van der Waals surface area contributed by atoms with Crippen LogP contribution >= 0.6 is 23.7 Å². The summed E-state index contributed by atoms with van der Waals surface area (Å²) in [6.07, 6.45) is 8.94. The normalized spacial score (nSPS) is 20.0. The Morgan fingerprint density at radius 3 is 2.73 bits per heavy atom. The molecule has 0 saturated carbocycles. The first-order valence-electron chi connectivity index (χ1n) is 10.9. The van der Waals surface area contributed by atoms with Crippen molar-refractivity contribution in [3.8, 4) is 0 Å². The second-order valence-corrected chi connectivity index (χ2v) is 9.37. The van der Waals surface area contributed by atoms with Gasteiger partial charge in [0.05, 0.1) is 0 Å². The van der Waals surface area contributed by atoms with Gasteiger partial charge < -0.3 is 14.8 Å². The average Bonchev–Trinajstić information content (AvgIpc) is 3.27. The highest BCUT2D eigenvalue weighted by atomic mass is 35.5. The molecule has 164 valence electrons. The molecule has 2 saturated heterocycles. The monoisotopic (exact) mass is 449 g/mol. The minimum absolute atomic E-state index is 0. The van der Waals surface area contributed by atoms with Crippen LogP contribution in [0.1, 0.15) is 65.4 Å². The smallest absolute Gasteiger partial charge is 0.263 e. The van der Waals surface area contributed by atoms with Gasteiger partial charge in [-0.3, -0.25) is 9.59 Å². The number of hydrogen-bond acceptors (Lipinski definition) is 4. The molecule has 2 aliphatic heterocycles. The van der Waals surface area contributed by atoms with Crippen LogP contribution in [-0.2, 0) is 6.42 Å². The molecule has 1 amide bonds. The number of carbonyl (C=O) groups excluding carboxylic acids is 1. The molecule has 1 unspecified atom stereocenters. The number of pyridine rings is 1. The van der Waals surface area contributed by atoms with Crippen LogP contribution in [-0.4, -0.2) is 41.1 Å². The van der Waals surface area contributed by atoms with E-state index in [0.29, 0.717) is 5.56 Å². The van der Waals surface area contributed by atoms with Crippen LogP contribution in [0.25, 0.3) is 0 Å². The lowest BCUT2D eigenvalue weighted by Crippen LogP contribution is -2.47. The third-order valence-electron chi connectivity index (χ3n) is 6.44. The van der Waals surface area contributed by atoms with Crippen LogP contribution in [0, 0.1) is 6.92 Å². The van der Waals surface area contributed by atoms with E-state index in [4.69, 9.17) is 0 Å². The Morgan fingerprint density at radius 1 is 1.20 bits per heavy atom. The van der Waals surface area contributed by atoms with E-state index in [1.807, 2.05) is 28.7 Å². The van der Waals surface area contributed by atoms with Crippen molar-refractivity contribution in [2.75, 3.05) is 19.6 Å². The summed E-state index contributed by atoms with van der Waals surface area (Å²) in [6.45, 7) is 4.50. The molecule has 2 aromatic heterocycles. The molecule has 0 aliphatic carbocycles. The Bertz CT molecular complexity index is 890. The summed E-state index contributed by atoms with van der Waals surface area (Å²) in [5, 5.41) is 5.45. The molecular weight excluding hydrogens is 418 g/mol. The van der Waals surface area contributed by atoms with Gasteiger partial charge in [-0.1, -0.05) is 6.07 Å². The largest absolute Gasteiger partial charge is 0.335 e. The lowest BCUT2D eigenvalue weighted by molar-refractivity contribution is 0.0598. The number of amides is 1. The standard InChI is InChI=1S/C23H31N3O2S.ClH/c1-17-11-15-26(19-9-12-24-13-10-19)23(28)21(17)22(27)25-14-3-2-5-18(25)7-8-20-6-4-16-29-20;/h4,6,11,15-16,18-19,24H,2-3,5,7-10,12-14H2,1H3;1H. The fourth-order valence-electron chi connectivity index (χ4n) is 4.75. The molecule has 2 aromatic rings. The number of hydrogen-bond donors (Lipinski definition) is 1. The third-order valence-corrected chi connectivity index (χ3v) is 7.37. The van der Waals surface area contributed by atoms with Gasteiger partial charge in [-0.15, -0.1) is 23.7 Å². The Kier molecular flexibility index (Phi) is 8.14. The zero-order valence-electron chi connectivity index (χ0n) is 17.6. The van der Waals surface area contributed by atoms with Crippen LogP contribution < -0.4 is 10.9 Å². The first kappa shape index (κ1) is 23.0. The summed E-state index contributed by atoms with van der Waals surface area (Å²) in [6, 6.07) is 6.61. The number of aryl methyl sites for hydroxylation is 2. The van der Waals surface area contributed by atoms with E-state index in [-0.39, 0.29) is 36.0 Å². The summed E-state index contributed by atoms with van der Waals surface area (Å²) in [4.78, 5) is 30.2. The summed E-state index contributed by atoms with van der Waals surface area (Å²) in [5.41, 5.74) is 1.08. The van der Waals surface area contributed by atoms with Crippen LogP contribution in [0.4, 0.5) is 0 Å². The van der Waals surface area contributed by atoms with Gasteiger partial charge in [0.2, 0.25) is 0 Å². The fraction of sp³-hybridized carbons (Fsp3) is 0.565. The number of nitrogens with one attached hydrogen (secondary N) is 1. The van der Waals surface area contributed by atoms with Crippen molar-refractivity contribution in [1.82, 2.24) is 14.8 Å². The van der Waals surface area contributed by atoms with Crippen molar-refractivity contribution in [2.24, 2.45) is 0 Å². The van der Waals surface area contributed by atoms with E-state index in [1.54, 1.807) is 11.3 Å². The molecule has 7 heteroatoms. The lowest BCUT2D eigenvalue weighted by Gasteiger charge is -2.36. The van der Waals surface area contributed by atoms with Crippen molar-refractivity contribution < 1.29 is 4.79 Å². The minimum atomic E-state index is -0.107. The molecule has 2 aliphatic rings. The van der Waals surface area contributed by atoms with Gasteiger partial charge in [0, 0.05) is 29.7 Å². The Labute approximate surface area is 188 Å². The molecule has 5 nitrogen and oxygen atoms in total. The van der Waals surface area contributed by atoms with Gasteiger partial charge >= 0.3 is 0 Å². The van der Waals surface area contributed by atoms with Gasteiger partial charge in [0.1, 0.15) is 5.56 Å². The summed E-state index contributed by atoms with van der Waals surface area (Å²) < 4.78 is 1.81. The molecule has 0 spiro atoms. The van der Waals surface area contributed by atoms with E-state index in [2.05, 4.69) is 22.8 Å². The minimum Gasteiger partial charge on any atom is -0.335 e. The second kappa shape index (κ2) is 10.6. The van der Waals surface area contributed by atoms with Crippen LogP contribution in [0.5, 0.6) is 0 Å². The first-order chi connectivity index (χ1) is 14.1. The summed E-state index contributed by atoms with van der Waals surface area (Å²) >= 11 is 1.78. The van der Waals surface area contributed by atoms with Crippen molar-refractivity contribution in [3.63, 3.8) is 0 Å². The van der Waals surface area contributed by atoms with E-state index in [0.717, 1.165) is 70.1 Å². The quantitative estimate of drug-likeness (QED) is 0.744. The first-order valence-corrected chi connectivity index (χ1v) is 11.8. The summed E-state index contributed by atoms with van der Waals surface area (Å²) in [7, 11) is 0. The van der Waals surface area contributed by atoms with E-state index >= 15 is 0 Å². The van der Waals surface area contributed by atoms with Crippen LogP contribution in [0.15, 0.2) is 34.6 Å². The molecule has 4 rings (SSSR count). The second-order valence-electron chi connectivity index (χ2n) is 8.33. The van der Waals surface area contributed by atoms with Crippen LogP contribution in [0.3, 0.4) is 0 Å². The molecule has 1 N–H and O–H groups in total. The number of halogens is 1. The Hall–Kier alpha value is -1.63. The SMILES string of the molecule is Cc1ccn(C2CCNCC2)c(=O)c1C(=O)N1CCCCC1CCc1cccs1.Cl.